The Kier molecular flexibility index (Phi) is 1.77. The van der Waals surface area contributed by atoms with Crippen LogP contribution in [-0.4, -0.2) is 22.6 Å². The zero-order valence-corrected chi connectivity index (χ0v) is 8.24. The normalized spacial score (nSPS) is 25.6. The minimum absolute atomic E-state index is 0.564. The first-order chi connectivity index (χ1) is 6.88. The molecule has 4 nitrogen and oxygen atoms in total. The number of hydrogen-bond acceptors (Lipinski definition) is 3. The molecular formula is C10H16N4. The van der Waals surface area contributed by atoms with Crippen molar-refractivity contribution in [1.29, 1.82) is 0 Å². The molecule has 0 spiro atoms. The van der Waals surface area contributed by atoms with Gasteiger partial charge in [-0.15, -0.1) is 0 Å². The molecular weight excluding hydrogens is 176 g/mol. The topological polar surface area (TPSA) is 55.9 Å². The molecule has 0 amide bonds. The van der Waals surface area contributed by atoms with Gasteiger partial charge in [0.05, 0.1) is 6.20 Å². The molecule has 1 fully saturated rings. The highest BCUT2D eigenvalue weighted by molar-refractivity contribution is 5.34. The molecule has 1 aromatic heterocycles. The van der Waals surface area contributed by atoms with Crippen molar-refractivity contribution in [2.24, 2.45) is 11.7 Å². The Morgan fingerprint density at radius 3 is 3.14 bits per heavy atom. The molecule has 1 unspecified atom stereocenters. The van der Waals surface area contributed by atoms with Crippen molar-refractivity contribution in [2.45, 2.75) is 25.3 Å². The van der Waals surface area contributed by atoms with Crippen LogP contribution < -0.4 is 11.1 Å². The van der Waals surface area contributed by atoms with Gasteiger partial charge in [0.1, 0.15) is 0 Å². The highest BCUT2D eigenvalue weighted by Crippen LogP contribution is 2.41. The molecule has 0 saturated heterocycles. The van der Waals surface area contributed by atoms with E-state index in [-0.39, 0.29) is 0 Å². The van der Waals surface area contributed by atoms with Crippen LogP contribution >= 0.6 is 0 Å². The molecule has 1 aromatic rings. The summed E-state index contributed by atoms with van der Waals surface area (Å²) in [7, 11) is 0. The van der Waals surface area contributed by atoms with Gasteiger partial charge in [0, 0.05) is 30.6 Å². The number of nitrogens with one attached hydrogen (secondary N) is 1. The number of rotatable bonds is 2. The second-order valence-electron chi connectivity index (χ2n) is 4.37. The monoisotopic (exact) mass is 192 g/mol. The third-order valence-corrected chi connectivity index (χ3v) is 3.21. The van der Waals surface area contributed by atoms with Gasteiger partial charge in [-0.05, 0) is 19.4 Å². The molecule has 3 rings (SSSR count). The first-order valence-electron chi connectivity index (χ1n) is 5.38. The van der Waals surface area contributed by atoms with Gasteiger partial charge in [-0.1, -0.05) is 0 Å². The number of nitrogens with two attached hydrogens (primary N) is 1. The van der Waals surface area contributed by atoms with E-state index < -0.39 is 0 Å². The fourth-order valence-corrected chi connectivity index (χ4v) is 2.14. The van der Waals surface area contributed by atoms with Crippen molar-refractivity contribution in [1.82, 2.24) is 9.55 Å². The second-order valence-corrected chi connectivity index (χ2v) is 4.37. The van der Waals surface area contributed by atoms with Crippen molar-refractivity contribution in [3.8, 4) is 0 Å². The Balaban J connectivity index is 1.91. The number of anilines is 1. The maximum Gasteiger partial charge on any atom is 0.203 e. The van der Waals surface area contributed by atoms with Crippen molar-refractivity contribution in [3.05, 3.63) is 11.9 Å². The van der Waals surface area contributed by atoms with E-state index in [9.17, 15) is 0 Å². The van der Waals surface area contributed by atoms with Gasteiger partial charge in [0.15, 0.2) is 0 Å². The molecule has 0 radical (unpaired) electrons. The number of nitrogens with zero attached hydrogens (tertiary/aromatic N) is 2. The molecule has 2 heterocycles. The summed E-state index contributed by atoms with van der Waals surface area (Å²) in [6.45, 7) is 2.77. The predicted molar refractivity (Wildman–Crippen MR) is 55.2 cm³/mol. The van der Waals surface area contributed by atoms with Crippen molar-refractivity contribution in [3.63, 3.8) is 0 Å². The first-order valence-corrected chi connectivity index (χ1v) is 5.38. The Bertz CT molecular complexity index is 340. The molecule has 1 aliphatic carbocycles. The summed E-state index contributed by atoms with van der Waals surface area (Å²) >= 11 is 0. The average molecular weight is 192 g/mol. The van der Waals surface area contributed by atoms with E-state index in [0.717, 1.165) is 31.5 Å². The van der Waals surface area contributed by atoms with Crippen LogP contribution in [0.2, 0.25) is 0 Å². The summed E-state index contributed by atoms with van der Waals surface area (Å²) in [4.78, 5) is 4.40. The molecule has 1 atom stereocenters. The van der Waals surface area contributed by atoms with Crippen LogP contribution in [-0.2, 0) is 6.54 Å². The smallest absolute Gasteiger partial charge is 0.203 e. The van der Waals surface area contributed by atoms with Gasteiger partial charge >= 0.3 is 0 Å². The number of aromatic nitrogens is 2. The fraction of sp³-hybridized carbons (Fsp3) is 0.700. The second kappa shape index (κ2) is 2.98. The van der Waals surface area contributed by atoms with Crippen LogP contribution in [0.25, 0.3) is 0 Å². The lowest BCUT2D eigenvalue weighted by atomic mass is 10.1. The van der Waals surface area contributed by atoms with Crippen LogP contribution in [0.3, 0.4) is 0 Å². The molecule has 4 heteroatoms. The largest absolute Gasteiger partial charge is 0.355 e. The predicted octanol–water partition coefficient (Wildman–Crippen LogP) is 0.761. The quantitative estimate of drug-likeness (QED) is 0.727. The van der Waals surface area contributed by atoms with Crippen LogP contribution in [0.4, 0.5) is 5.95 Å². The van der Waals surface area contributed by atoms with E-state index in [1.54, 1.807) is 0 Å². The summed E-state index contributed by atoms with van der Waals surface area (Å²) in [5.74, 6) is 2.38. The molecule has 14 heavy (non-hydrogen) atoms. The van der Waals surface area contributed by atoms with Gasteiger partial charge in [0.25, 0.3) is 0 Å². The molecule has 0 bridgehead atoms. The summed E-state index contributed by atoms with van der Waals surface area (Å²) in [5, 5.41) is 3.34. The lowest BCUT2D eigenvalue weighted by Gasteiger charge is -2.25. The summed E-state index contributed by atoms with van der Waals surface area (Å²) in [6.07, 6.45) is 4.69. The minimum Gasteiger partial charge on any atom is -0.355 e. The van der Waals surface area contributed by atoms with Crippen LogP contribution in [0.15, 0.2) is 6.20 Å². The standard InChI is InChI=1S/C10H16N4/c11-3-7-4-12-10-13-5-9(8-1-2-8)14(10)6-7/h5,7-8H,1-4,6,11H2,(H,12,13). The number of fused-ring (bicyclic) bond motifs is 1. The lowest BCUT2D eigenvalue weighted by Crippen LogP contribution is -2.33. The summed E-state index contributed by atoms with van der Waals surface area (Å²) in [6, 6.07) is 0. The van der Waals surface area contributed by atoms with E-state index in [1.807, 2.05) is 6.20 Å². The average Bonchev–Trinajstić information content (AvgIpc) is 2.98. The Labute approximate surface area is 83.5 Å². The Hall–Kier alpha value is -1.03. The van der Waals surface area contributed by atoms with Gasteiger partial charge in [-0.2, -0.15) is 0 Å². The molecule has 76 valence electrons. The van der Waals surface area contributed by atoms with Gasteiger partial charge in [0.2, 0.25) is 5.95 Å². The lowest BCUT2D eigenvalue weighted by molar-refractivity contribution is 0.442. The molecule has 1 saturated carbocycles. The zero-order valence-electron chi connectivity index (χ0n) is 8.24. The Morgan fingerprint density at radius 2 is 2.43 bits per heavy atom. The maximum atomic E-state index is 5.70. The van der Waals surface area contributed by atoms with Gasteiger partial charge in [-0.25, -0.2) is 4.98 Å². The molecule has 2 aliphatic rings. The number of hydrogen-bond donors (Lipinski definition) is 2. The van der Waals surface area contributed by atoms with Crippen LogP contribution in [0.1, 0.15) is 24.5 Å². The van der Waals surface area contributed by atoms with E-state index in [4.69, 9.17) is 5.73 Å². The van der Waals surface area contributed by atoms with Gasteiger partial charge < -0.3 is 15.6 Å². The van der Waals surface area contributed by atoms with Crippen molar-refractivity contribution >= 4 is 5.95 Å². The fourth-order valence-electron chi connectivity index (χ4n) is 2.14. The van der Waals surface area contributed by atoms with Gasteiger partial charge in [-0.3, -0.25) is 0 Å². The van der Waals surface area contributed by atoms with E-state index in [0.29, 0.717) is 5.92 Å². The molecule has 1 aliphatic heterocycles. The molecule has 3 N–H and O–H groups in total. The minimum atomic E-state index is 0.564. The highest BCUT2D eigenvalue weighted by Gasteiger charge is 2.30. The Morgan fingerprint density at radius 1 is 1.57 bits per heavy atom. The zero-order chi connectivity index (χ0) is 9.54. The third kappa shape index (κ3) is 1.21. The first kappa shape index (κ1) is 8.29. The van der Waals surface area contributed by atoms with E-state index in [2.05, 4.69) is 14.9 Å². The SMILES string of the molecule is NCC1CNc2ncc(C3CC3)n2C1. The van der Waals surface area contributed by atoms with Crippen molar-refractivity contribution in [2.75, 3.05) is 18.4 Å². The van der Waals surface area contributed by atoms with Crippen molar-refractivity contribution < 1.29 is 0 Å². The van der Waals surface area contributed by atoms with E-state index >= 15 is 0 Å². The maximum absolute atomic E-state index is 5.70. The summed E-state index contributed by atoms with van der Waals surface area (Å²) in [5.41, 5.74) is 7.11. The third-order valence-electron chi connectivity index (χ3n) is 3.21. The van der Waals surface area contributed by atoms with E-state index in [1.165, 1.54) is 18.5 Å². The summed E-state index contributed by atoms with van der Waals surface area (Å²) < 4.78 is 2.32. The van der Waals surface area contributed by atoms with Crippen LogP contribution in [0.5, 0.6) is 0 Å². The number of imidazole rings is 1. The molecule has 0 aromatic carbocycles. The van der Waals surface area contributed by atoms with Crippen LogP contribution in [0, 0.1) is 5.92 Å². The highest BCUT2D eigenvalue weighted by atomic mass is 15.2.